The van der Waals surface area contributed by atoms with Crippen molar-refractivity contribution >= 4 is 21.8 Å². The Morgan fingerprint density at radius 1 is 0.731 bits per heavy atom. The molecule has 5 nitrogen and oxygen atoms in total. The van der Waals surface area contributed by atoms with Crippen molar-refractivity contribution in [2.45, 2.75) is 92.9 Å². The average molecular weight is 779 g/mol. The van der Waals surface area contributed by atoms with E-state index >= 15 is 0 Å². The molecule has 3 heterocycles. The summed E-state index contributed by atoms with van der Waals surface area (Å²) >= 11 is 0. The van der Waals surface area contributed by atoms with Crippen LogP contribution >= 0.6 is 0 Å². The second-order valence-corrected chi connectivity index (χ2v) is 14.7. The van der Waals surface area contributed by atoms with Gasteiger partial charge in [-0.2, -0.15) is 11.2 Å². The van der Waals surface area contributed by atoms with Crippen LogP contribution in [0.25, 0.3) is 44.4 Å². The van der Waals surface area contributed by atoms with Crippen LogP contribution in [0.4, 0.5) is 0 Å². The van der Waals surface area contributed by atoms with Gasteiger partial charge in [-0.1, -0.05) is 96.8 Å². The molecule has 0 atom stereocenters. The van der Waals surface area contributed by atoms with E-state index in [2.05, 4.69) is 152 Å². The van der Waals surface area contributed by atoms with Gasteiger partial charge in [-0.25, -0.2) is 4.98 Å². The number of aryl methyl sites for hydroxylation is 2. The summed E-state index contributed by atoms with van der Waals surface area (Å²) in [7, 11) is 0. The quantitative estimate of drug-likeness (QED) is 0.103. The minimum absolute atomic E-state index is 0. The summed E-state index contributed by atoms with van der Waals surface area (Å²) in [6, 6.07) is 35.1. The second kappa shape index (κ2) is 15.2. The summed E-state index contributed by atoms with van der Waals surface area (Å²) in [6.07, 6.45) is 4.00. The maximum atomic E-state index is 6.67. The standard InChI is InChI=1S/C46H48N4O.Pd/c1-10-14-33-21-22-47-44(23-33)49-42-18-12-11-15-40(42)41-20-19-36(27-43(41)49)51-37-25-34(28(2)3)24-35(26-37)50-32(9)45(31(8)48-50)46-38(29(4)5)16-13-17-39(46)30(6)7;/h11-13,15-25,28-30H,10,14H2,1-9H3;/q-2;+2. The van der Waals surface area contributed by atoms with Gasteiger partial charge in [0.05, 0.1) is 5.69 Å². The molecule has 268 valence electrons. The Bertz CT molecular complexity index is 2350. The van der Waals surface area contributed by atoms with E-state index in [4.69, 9.17) is 14.8 Å². The number of rotatable bonds is 10. The fourth-order valence-electron chi connectivity index (χ4n) is 7.45. The minimum atomic E-state index is 0. The number of ether oxygens (including phenoxy) is 1. The van der Waals surface area contributed by atoms with Gasteiger partial charge in [-0.15, -0.1) is 41.3 Å². The summed E-state index contributed by atoms with van der Waals surface area (Å²) in [6.45, 7) is 20.0. The molecule has 4 aromatic carbocycles. The Kier molecular flexibility index (Phi) is 10.9. The van der Waals surface area contributed by atoms with E-state index in [0.717, 1.165) is 63.1 Å². The number of nitrogens with zero attached hydrogens (tertiary/aromatic N) is 4. The van der Waals surface area contributed by atoms with E-state index in [1.54, 1.807) is 0 Å². The first-order valence-electron chi connectivity index (χ1n) is 18.4. The van der Waals surface area contributed by atoms with Crippen molar-refractivity contribution in [1.29, 1.82) is 0 Å². The molecule has 0 spiro atoms. The molecular formula is C46H48N4OPd. The van der Waals surface area contributed by atoms with E-state index in [9.17, 15) is 0 Å². The molecule has 0 saturated heterocycles. The van der Waals surface area contributed by atoms with Crippen LogP contribution in [0, 0.1) is 26.0 Å². The molecule has 0 N–H and O–H groups in total. The van der Waals surface area contributed by atoms with Gasteiger partial charge in [0.1, 0.15) is 5.82 Å². The summed E-state index contributed by atoms with van der Waals surface area (Å²) in [5.74, 6) is 3.20. The maximum absolute atomic E-state index is 6.67. The molecule has 52 heavy (non-hydrogen) atoms. The van der Waals surface area contributed by atoms with E-state index in [0.29, 0.717) is 23.3 Å². The van der Waals surface area contributed by atoms with Crippen LogP contribution in [0.1, 0.15) is 106 Å². The Balaban J connectivity index is 0.00000464. The number of hydrogen-bond acceptors (Lipinski definition) is 3. The normalized spacial score (nSPS) is 11.7. The van der Waals surface area contributed by atoms with E-state index in [1.807, 2.05) is 16.9 Å². The molecule has 0 fully saturated rings. The molecule has 0 aliphatic heterocycles. The van der Waals surface area contributed by atoms with Gasteiger partial charge in [0, 0.05) is 34.5 Å². The number of benzene rings is 4. The molecule has 0 saturated carbocycles. The van der Waals surface area contributed by atoms with Crippen LogP contribution in [-0.4, -0.2) is 19.3 Å². The maximum Gasteiger partial charge on any atom is 2.00 e. The van der Waals surface area contributed by atoms with Crippen LogP contribution < -0.4 is 4.74 Å². The second-order valence-electron chi connectivity index (χ2n) is 14.7. The largest absolute Gasteiger partial charge is 2.00 e. The van der Waals surface area contributed by atoms with Crippen LogP contribution in [0.15, 0.2) is 85.1 Å². The van der Waals surface area contributed by atoms with Gasteiger partial charge >= 0.3 is 20.4 Å². The number of hydrogen-bond donors (Lipinski definition) is 0. The molecule has 0 radical (unpaired) electrons. The topological polar surface area (TPSA) is 44.9 Å². The van der Waals surface area contributed by atoms with Crippen LogP contribution in [0.3, 0.4) is 0 Å². The number of fused-ring (bicyclic) bond motifs is 3. The van der Waals surface area contributed by atoms with Crippen molar-refractivity contribution in [2.75, 3.05) is 0 Å². The molecule has 7 aromatic rings. The summed E-state index contributed by atoms with van der Waals surface area (Å²) in [5.41, 5.74) is 12.7. The van der Waals surface area contributed by atoms with Crippen LogP contribution in [0.5, 0.6) is 11.5 Å². The first kappa shape index (κ1) is 37.3. The number of para-hydroxylation sites is 1. The third-order valence-corrected chi connectivity index (χ3v) is 10.0. The molecule has 6 heteroatoms. The third-order valence-electron chi connectivity index (χ3n) is 10.0. The molecule has 0 aliphatic carbocycles. The number of pyridine rings is 1. The van der Waals surface area contributed by atoms with Crippen molar-refractivity contribution in [3.63, 3.8) is 0 Å². The molecular weight excluding hydrogens is 731 g/mol. The Morgan fingerprint density at radius 2 is 1.46 bits per heavy atom. The smallest absolute Gasteiger partial charge is 0.509 e. The Hall–Kier alpha value is -4.50. The zero-order valence-electron chi connectivity index (χ0n) is 31.7. The van der Waals surface area contributed by atoms with Crippen molar-refractivity contribution in [3.8, 4) is 34.1 Å². The van der Waals surface area contributed by atoms with Gasteiger partial charge in [-0.05, 0) is 89.5 Å². The fraction of sp³-hybridized carbons (Fsp3) is 0.304. The molecule has 3 aromatic heterocycles. The zero-order valence-corrected chi connectivity index (χ0v) is 33.3. The Labute approximate surface area is 322 Å². The monoisotopic (exact) mass is 778 g/mol. The molecule has 0 amide bonds. The van der Waals surface area contributed by atoms with Gasteiger partial charge in [0.2, 0.25) is 0 Å². The molecule has 7 rings (SSSR count). The number of aromatic nitrogens is 4. The average Bonchev–Trinajstić information content (AvgIpc) is 3.60. The third kappa shape index (κ3) is 6.87. The van der Waals surface area contributed by atoms with E-state index < -0.39 is 0 Å². The predicted molar refractivity (Wildman–Crippen MR) is 211 cm³/mol. The summed E-state index contributed by atoms with van der Waals surface area (Å²) < 4.78 is 10.9. The van der Waals surface area contributed by atoms with Crippen molar-refractivity contribution in [2.24, 2.45) is 0 Å². The molecule has 0 unspecified atom stereocenters. The van der Waals surface area contributed by atoms with Crippen molar-refractivity contribution in [3.05, 3.63) is 131 Å². The van der Waals surface area contributed by atoms with Crippen molar-refractivity contribution < 1.29 is 25.2 Å². The van der Waals surface area contributed by atoms with Crippen molar-refractivity contribution in [1.82, 2.24) is 19.3 Å². The van der Waals surface area contributed by atoms with Gasteiger partial charge in [0.25, 0.3) is 0 Å². The first-order valence-corrected chi connectivity index (χ1v) is 18.4. The van der Waals surface area contributed by atoms with Crippen LogP contribution in [0.2, 0.25) is 0 Å². The zero-order chi connectivity index (χ0) is 36.0. The van der Waals surface area contributed by atoms with E-state index in [-0.39, 0.29) is 26.3 Å². The van der Waals surface area contributed by atoms with Gasteiger partial charge in [0.15, 0.2) is 0 Å². The minimum Gasteiger partial charge on any atom is -0.509 e. The van der Waals surface area contributed by atoms with Crippen LogP contribution in [-0.2, 0) is 26.8 Å². The SMILES string of the molecule is CCCc1ccnc(-n2c3[c-]c(Oc4[c-]c(-n5nc(C)c(-c6c(C(C)C)cccc6C(C)C)c5C)cc(C(C)C)c4)ccc3c3ccccc32)c1.[Pd+2]. The molecule has 0 aliphatic rings. The fourth-order valence-corrected chi connectivity index (χ4v) is 7.45. The van der Waals surface area contributed by atoms with Gasteiger partial charge in [-0.3, -0.25) is 4.68 Å². The summed E-state index contributed by atoms with van der Waals surface area (Å²) in [4.78, 5) is 4.81. The van der Waals surface area contributed by atoms with Gasteiger partial charge < -0.3 is 9.30 Å². The van der Waals surface area contributed by atoms with E-state index in [1.165, 1.54) is 27.8 Å². The first-order chi connectivity index (χ1) is 24.5. The Morgan fingerprint density at radius 3 is 2.15 bits per heavy atom. The summed E-state index contributed by atoms with van der Waals surface area (Å²) in [5, 5.41) is 7.42. The predicted octanol–water partition coefficient (Wildman–Crippen LogP) is 12.4. The molecule has 0 bridgehead atoms.